The number of fused-ring (bicyclic) bond motifs is 1. The zero-order valence-corrected chi connectivity index (χ0v) is 14.1. The highest BCUT2D eigenvalue weighted by Gasteiger charge is 2.32. The molecule has 0 radical (unpaired) electrons. The lowest BCUT2D eigenvalue weighted by molar-refractivity contribution is -0.605. The van der Waals surface area contributed by atoms with E-state index in [1.165, 1.54) is 12.4 Å². The van der Waals surface area contributed by atoms with Crippen molar-refractivity contribution in [2.24, 2.45) is 0 Å². The quantitative estimate of drug-likeness (QED) is 0.676. The van der Waals surface area contributed by atoms with Crippen molar-refractivity contribution in [1.82, 2.24) is 0 Å². The van der Waals surface area contributed by atoms with Crippen molar-refractivity contribution in [2.45, 2.75) is 32.2 Å². The summed E-state index contributed by atoms with van der Waals surface area (Å²) in [5.41, 5.74) is 1.17. The molecule has 0 saturated heterocycles. The largest absolute Gasteiger partial charge is 0.619 e. The number of rotatable bonds is 3. The molecule has 0 aliphatic carbocycles. The lowest BCUT2D eigenvalue weighted by Gasteiger charge is -2.16. The molecule has 5 nitrogen and oxygen atoms in total. The van der Waals surface area contributed by atoms with Crippen LogP contribution in [0, 0.1) is 5.21 Å². The third kappa shape index (κ3) is 3.32. The van der Waals surface area contributed by atoms with E-state index < -0.39 is 11.9 Å². The number of pyridine rings is 1. The first-order valence-corrected chi connectivity index (χ1v) is 7.77. The van der Waals surface area contributed by atoms with E-state index in [1.54, 1.807) is 18.2 Å². The number of ether oxygens (including phenoxy) is 2. The standard InChI is InChI=1S/C16H15Cl2NO4/c1-16(2)22-14-4-3-9(5-15(14)23-16)13(20)6-10-11(17)7-19(21)8-12(10)18/h3-5,7-8,13,20H,6H2,1-2H3. The molecule has 122 valence electrons. The Labute approximate surface area is 143 Å². The van der Waals surface area contributed by atoms with E-state index in [0.29, 0.717) is 27.4 Å². The summed E-state index contributed by atoms with van der Waals surface area (Å²) in [6.07, 6.45) is 1.75. The molecule has 0 saturated carbocycles. The summed E-state index contributed by atoms with van der Waals surface area (Å²) >= 11 is 12.1. The van der Waals surface area contributed by atoms with Crippen LogP contribution in [0.4, 0.5) is 0 Å². The zero-order chi connectivity index (χ0) is 16.8. The van der Waals surface area contributed by atoms with Gasteiger partial charge in [-0.15, -0.1) is 0 Å². The Bertz CT molecular complexity index is 741. The summed E-state index contributed by atoms with van der Waals surface area (Å²) in [6.45, 7) is 3.62. The normalized spacial score (nSPS) is 16.4. The van der Waals surface area contributed by atoms with Crippen LogP contribution in [-0.2, 0) is 6.42 Å². The van der Waals surface area contributed by atoms with Gasteiger partial charge < -0.3 is 19.8 Å². The Morgan fingerprint density at radius 2 is 1.78 bits per heavy atom. The van der Waals surface area contributed by atoms with Gasteiger partial charge in [-0.05, 0) is 17.7 Å². The molecule has 1 unspecified atom stereocenters. The van der Waals surface area contributed by atoms with Gasteiger partial charge in [0.05, 0.1) is 6.10 Å². The summed E-state index contributed by atoms with van der Waals surface area (Å²) in [5, 5.41) is 22.2. The molecule has 1 atom stereocenters. The molecule has 23 heavy (non-hydrogen) atoms. The van der Waals surface area contributed by atoms with Gasteiger partial charge >= 0.3 is 0 Å². The summed E-state index contributed by atoms with van der Waals surface area (Å²) in [7, 11) is 0. The summed E-state index contributed by atoms with van der Waals surface area (Å²) in [4.78, 5) is 0. The van der Waals surface area contributed by atoms with Crippen molar-refractivity contribution in [3.8, 4) is 11.5 Å². The average molecular weight is 356 g/mol. The third-order valence-electron chi connectivity index (χ3n) is 3.52. The van der Waals surface area contributed by atoms with E-state index in [9.17, 15) is 10.3 Å². The Morgan fingerprint density at radius 1 is 1.17 bits per heavy atom. The lowest BCUT2D eigenvalue weighted by atomic mass is 10.0. The van der Waals surface area contributed by atoms with E-state index in [2.05, 4.69) is 0 Å². The zero-order valence-electron chi connectivity index (χ0n) is 12.5. The minimum Gasteiger partial charge on any atom is -0.619 e. The Hall–Kier alpha value is -1.69. The van der Waals surface area contributed by atoms with Crippen LogP contribution in [0.15, 0.2) is 30.6 Å². The molecule has 0 amide bonds. The van der Waals surface area contributed by atoms with E-state index in [-0.39, 0.29) is 16.5 Å². The number of hydrogen-bond acceptors (Lipinski definition) is 4. The number of halogens is 2. The van der Waals surface area contributed by atoms with Crippen LogP contribution in [0.1, 0.15) is 31.1 Å². The van der Waals surface area contributed by atoms with Crippen LogP contribution in [-0.4, -0.2) is 10.9 Å². The van der Waals surface area contributed by atoms with Gasteiger partial charge in [0.2, 0.25) is 5.79 Å². The van der Waals surface area contributed by atoms with Gasteiger partial charge in [-0.2, -0.15) is 4.73 Å². The highest BCUT2D eigenvalue weighted by atomic mass is 35.5. The fraction of sp³-hybridized carbons (Fsp3) is 0.312. The second-order valence-electron chi connectivity index (χ2n) is 5.82. The monoisotopic (exact) mass is 355 g/mol. The van der Waals surface area contributed by atoms with Gasteiger partial charge in [0, 0.05) is 25.8 Å². The molecule has 0 spiro atoms. The maximum Gasteiger partial charge on any atom is 0.246 e. The molecule has 7 heteroatoms. The molecule has 1 aromatic carbocycles. The fourth-order valence-corrected chi connectivity index (χ4v) is 3.08. The van der Waals surface area contributed by atoms with Crippen LogP contribution in [0.5, 0.6) is 11.5 Å². The van der Waals surface area contributed by atoms with Crippen LogP contribution in [0.3, 0.4) is 0 Å². The number of aliphatic hydroxyl groups is 1. The van der Waals surface area contributed by atoms with Crippen molar-refractivity contribution < 1.29 is 19.3 Å². The number of benzene rings is 1. The number of aromatic nitrogens is 1. The van der Waals surface area contributed by atoms with Crippen molar-refractivity contribution in [3.05, 3.63) is 57.0 Å². The summed E-state index contributed by atoms with van der Waals surface area (Å²) in [5.74, 6) is 0.489. The highest BCUT2D eigenvalue weighted by Crippen LogP contribution is 2.41. The van der Waals surface area contributed by atoms with Gasteiger partial charge in [-0.1, -0.05) is 29.3 Å². The summed E-state index contributed by atoms with van der Waals surface area (Å²) in [6, 6.07) is 5.24. The van der Waals surface area contributed by atoms with Crippen molar-refractivity contribution in [3.63, 3.8) is 0 Å². The van der Waals surface area contributed by atoms with Crippen LogP contribution < -0.4 is 14.2 Å². The molecule has 0 fully saturated rings. The van der Waals surface area contributed by atoms with Crippen molar-refractivity contribution in [1.29, 1.82) is 0 Å². The molecule has 1 aliphatic rings. The Kier molecular flexibility index (Phi) is 4.04. The first-order valence-electron chi connectivity index (χ1n) is 7.02. The number of hydrogen-bond donors (Lipinski definition) is 1. The van der Waals surface area contributed by atoms with Gasteiger partial charge in [-0.25, -0.2) is 0 Å². The van der Waals surface area contributed by atoms with E-state index in [1.807, 2.05) is 13.8 Å². The smallest absolute Gasteiger partial charge is 0.246 e. The van der Waals surface area contributed by atoms with Gasteiger partial charge in [-0.3, -0.25) is 0 Å². The van der Waals surface area contributed by atoms with E-state index in [4.69, 9.17) is 32.7 Å². The fourth-order valence-electron chi connectivity index (χ4n) is 2.48. The van der Waals surface area contributed by atoms with Gasteiger partial charge in [0.15, 0.2) is 23.9 Å². The molecule has 1 N–H and O–H groups in total. The molecule has 0 bridgehead atoms. The van der Waals surface area contributed by atoms with Gasteiger partial charge in [0.25, 0.3) is 0 Å². The number of aliphatic hydroxyl groups excluding tert-OH is 1. The van der Waals surface area contributed by atoms with Crippen LogP contribution in [0.25, 0.3) is 0 Å². The minimum atomic E-state index is -0.842. The lowest BCUT2D eigenvalue weighted by Crippen LogP contribution is -2.29. The molecular formula is C16H15Cl2NO4. The first kappa shape index (κ1) is 16.2. The molecule has 2 aromatic rings. The third-order valence-corrected chi connectivity index (χ3v) is 4.17. The summed E-state index contributed by atoms with van der Waals surface area (Å²) < 4.78 is 11.8. The maximum absolute atomic E-state index is 11.3. The molecule has 1 aromatic heterocycles. The van der Waals surface area contributed by atoms with Crippen LogP contribution in [0.2, 0.25) is 10.0 Å². The predicted octanol–water partition coefficient (Wildman–Crippen LogP) is 3.41. The Balaban J connectivity index is 1.84. The maximum atomic E-state index is 11.3. The molecule has 1 aliphatic heterocycles. The van der Waals surface area contributed by atoms with Crippen molar-refractivity contribution in [2.75, 3.05) is 0 Å². The Morgan fingerprint density at radius 3 is 2.43 bits per heavy atom. The highest BCUT2D eigenvalue weighted by molar-refractivity contribution is 6.35. The number of nitrogens with zero attached hydrogens (tertiary/aromatic N) is 1. The van der Waals surface area contributed by atoms with E-state index >= 15 is 0 Å². The SMILES string of the molecule is CC1(C)Oc2ccc(C(O)Cc3c(Cl)c[n+]([O-])cc3Cl)cc2O1. The first-order chi connectivity index (χ1) is 10.7. The topological polar surface area (TPSA) is 65.6 Å². The molecular weight excluding hydrogens is 341 g/mol. The second-order valence-corrected chi connectivity index (χ2v) is 6.64. The molecule has 2 heterocycles. The predicted molar refractivity (Wildman–Crippen MR) is 85.9 cm³/mol. The van der Waals surface area contributed by atoms with Crippen molar-refractivity contribution >= 4 is 23.2 Å². The van der Waals surface area contributed by atoms with Crippen LogP contribution >= 0.6 is 23.2 Å². The second kappa shape index (κ2) is 5.74. The van der Waals surface area contributed by atoms with E-state index in [0.717, 1.165) is 0 Å². The van der Waals surface area contributed by atoms with Gasteiger partial charge in [0.1, 0.15) is 10.0 Å². The average Bonchev–Trinajstić information content (AvgIpc) is 2.75. The minimum absolute atomic E-state index is 0.182. The molecule has 3 rings (SSSR count).